The van der Waals surface area contributed by atoms with Crippen LogP contribution in [0.15, 0.2) is 30.3 Å². The Balaban J connectivity index is 1.93. The van der Waals surface area contributed by atoms with Crippen LogP contribution >= 0.6 is 0 Å². The van der Waals surface area contributed by atoms with Gasteiger partial charge in [0.05, 0.1) is 6.42 Å². The summed E-state index contributed by atoms with van der Waals surface area (Å²) in [5, 5.41) is 10.9. The average molecular weight is 376 g/mol. The van der Waals surface area contributed by atoms with Crippen LogP contribution in [0.3, 0.4) is 0 Å². The number of hydrogen-bond acceptors (Lipinski definition) is 4. The number of Topliss-reactive ketones (excluding diaryl/α,β-unsaturated/α-hetero) is 2. The largest absolute Gasteiger partial charge is 0.300 e. The summed E-state index contributed by atoms with van der Waals surface area (Å²) in [7, 11) is 0. The van der Waals surface area contributed by atoms with Gasteiger partial charge < -0.3 is 0 Å². The lowest BCUT2D eigenvalue weighted by Gasteiger charge is -2.07. The van der Waals surface area contributed by atoms with E-state index in [9.17, 15) is 19.7 Å². The molecule has 5 heteroatoms. The number of rotatable bonds is 16. The van der Waals surface area contributed by atoms with Crippen LogP contribution in [0.25, 0.3) is 0 Å². The number of carbonyl (C=O) groups is 2. The van der Waals surface area contributed by atoms with Crippen molar-refractivity contribution in [2.45, 2.75) is 90.0 Å². The Labute approximate surface area is 162 Å². The van der Waals surface area contributed by atoms with E-state index in [4.69, 9.17) is 0 Å². The highest BCUT2D eigenvalue weighted by molar-refractivity contribution is 5.95. The third kappa shape index (κ3) is 11.3. The normalized spacial score (nSPS) is 11.9. The Morgan fingerprint density at radius 2 is 1.41 bits per heavy atom. The Bertz CT molecular complexity index is 571. The summed E-state index contributed by atoms with van der Waals surface area (Å²) in [5.41, 5.74) is 0.806. The zero-order chi connectivity index (χ0) is 19.9. The molecule has 27 heavy (non-hydrogen) atoms. The third-order valence-corrected chi connectivity index (χ3v) is 4.86. The third-order valence-electron chi connectivity index (χ3n) is 4.86. The second-order valence-electron chi connectivity index (χ2n) is 7.36. The number of unbranched alkanes of at least 4 members (excludes halogenated alkanes) is 8. The minimum Gasteiger partial charge on any atom is -0.300 e. The predicted molar refractivity (Wildman–Crippen MR) is 108 cm³/mol. The van der Waals surface area contributed by atoms with Crippen LogP contribution in [0, 0.1) is 10.1 Å². The maximum Gasteiger partial charge on any atom is 0.220 e. The summed E-state index contributed by atoms with van der Waals surface area (Å²) < 4.78 is 0. The van der Waals surface area contributed by atoms with Crippen LogP contribution in [0.2, 0.25) is 0 Å². The highest BCUT2D eigenvalue weighted by Gasteiger charge is 2.21. The second kappa shape index (κ2) is 14.1. The number of nitrogens with zero attached hydrogens (tertiary/aromatic N) is 1. The first-order valence-electron chi connectivity index (χ1n) is 10.2. The van der Waals surface area contributed by atoms with Crippen LogP contribution in [0.4, 0.5) is 0 Å². The first-order valence-corrected chi connectivity index (χ1v) is 10.2. The maximum absolute atomic E-state index is 12.0. The summed E-state index contributed by atoms with van der Waals surface area (Å²) >= 11 is 0. The highest BCUT2D eigenvalue weighted by atomic mass is 16.6. The van der Waals surface area contributed by atoms with Gasteiger partial charge in [0.25, 0.3) is 0 Å². The SMILES string of the molecule is CC(=O)CC(CCCCCCCCCCCC(=O)c1ccccc1)[N+](=O)[O-]. The molecule has 0 saturated carbocycles. The standard InChI is InChI=1S/C22H33NO4/c1-19(24)18-21(23(26)27)16-12-7-5-3-2-4-6-8-13-17-22(25)20-14-10-9-11-15-20/h9-11,14-15,21H,2-8,12-13,16-18H2,1H3. The van der Waals surface area contributed by atoms with Gasteiger partial charge in [0.15, 0.2) is 5.78 Å². The summed E-state index contributed by atoms with van der Waals surface area (Å²) in [6.07, 6.45) is 10.8. The van der Waals surface area contributed by atoms with Crippen molar-refractivity contribution < 1.29 is 14.5 Å². The van der Waals surface area contributed by atoms with E-state index >= 15 is 0 Å². The fourth-order valence-corrected chi connectivity index (χ4v) is 3.29. The molecule has 0 aliphatic heterocycles. The number of hydrogen-bond donors (Lipinski definition) is 0. The van der Waals surface area contributed by atoms with Gasteiger partial charge in [0.1, 0.15) is 5.78 Å². The first-order chi connectivity index (χ1) is 13.0. The van der Waals surface area contributed by atoms with Gasteiger partial charge in [-0.15, -0.1) is 0 Å². The lowest BCUT2D eigenvalue weighted by atomic mass is 10.0. The Hall–Kier alpha value is -2.04. The number of ketones is 2. The minimum absolute atomic E-state index is 0.0553. The van der Waals surface area contributed by atoms with Gasteiger partial charge in [0.2, 0.25) is 6.04 Å². The summed E-state index contributed by atoms with van der Waals surface area (Å²) in [6.45, 7) is 1.41. The van der Waals surface area contributed by atoms with E-state index in [1.165, 1.54) is 19.8 Å². The van der Waals surface area contributed by atoms with Crippen LogP contribution in [-0.2, 0) is 4.79 Å². The minimum atomic E-state index is -0.707. The van der Waals surface area contributed by atoms with Crippen molar-refractivity contribution in [3.8, 4) is 0 Å². The number of nitro groups is 1. The number of carbonyl (C=O) groups excluding carboxylic acids is 2. The molecule has 0 aromatic heterocycles. The van der Waals surface area contributed by atoms with Crippen LogP contribution in [0.1, 0.15) is 94.3 Å². The fraction of sp³-hybridized carbons (Fsp3) is 0.636. The predicted octanol–water partition coefficient (Wildman–Crippen LogP) is 5.78. The zero-order valence-corrected chi connectivity index (χ0v) is 16.5. The van der Waals surface area contributed by atoms with Crippen molar-refractivity contribution in [1.29, 1.82) is 0 Å². The first kappa shape index (κ1) is 23.0. The Kier molecular flexibility index (Phi) is 12.0. The molecule has 0 N–H and O–H groups in total. The molecule has 150 valence electrons. The van der Waals surface area contributed by atoms with E-state index in [-0.39, 0.29) is 22.9 Å². The monoisotopic (exact) mass is 375 g/mol. The van der Waals surface area contributed by atoms with E-state index in [0.717, 1.165) is 50.5 Å². The molecule has 1 atom stereocenters. The summed E-state index contributed by atoms with van der Waals surface area (Å²) in [4.78, 5) is 33.6. The van der Waals surface area contributed by atoms with Gasteiger partial charge in [-0.2, -0.15) is 0 Å². The quantitative estimate of drug-likeness (QED) is 0.159. The molecule has 1 unspecified atom stereocenters. The van der Waals surface area contributed by atoms with Crippen LogP contribution in [-0.4, -0.2) is 22.5 Å². The fourth-order valence-electron chi connectivity index (χ4n) is 3.29. The average Bonchev–Trinajstić information content (AvgIpc) is 2.65. The molecule has 0 aliphatic carbocycles. The molecule has 1 rings (SSSR count). The summed E-state index contributed by atoms with van der Waals surface area (Å²) in [6, 6.07) is 8.75. The van der Waals surface area contributed by atoms with Gasteiger partial charge in [-0.25, -0.2) is 0 Å². The van der Waals surface area contributed by atoms with Crippen LogP contribution in [0.5, 0.6) is 0 Å². The molecule has 0 spiro atoms. The summed E-state index contributed by atoms with van der Waals surface area (Å²) in [5.74, 6) is 0.121. The van der Waals surface area contributed by atoms with Crippen molar-refractivity contribution in [3.05, 3.63) is 46.0 Å². The highest BCUT2D eigenvalue weighted by Crippen LogP contribution is 2.15. The second-order valence-corrected chi connectivity index (χ2v) is 7.36. The van der Waals surface area contributed by atoms with Gasteiger partial charge in [-0.3, -0.25) is 19.7 Å². The van der Waals surface area contributed by atoms with Gasteiger partial charge in [-0.05, 0) is 19.8 Å². The van der Waals surface area contributed by atoms with Crippen molar-refractivity contribution in [2.75, 3.05) is 0 Å². The molecule has 0 heterocycles. The molecular weight excluding hydrogens is 342 g/mol. The van der Waals surface area contributed by atoms with Crippen molar-refractivity contribution in [1.82, 2.24) is 0 Å². The van der Waals surface area contributed by atoms with Crippen molar-refractivity contribution in [3.63, 3.8) is 0 Å². The Morgan fingerprint density at radius 1 is 0.889 bits per heavy atom. The van der Waals surface area contributed by atoms with E-state index in [1.807, 2.05) is 30.3 Å². The molecule has 1 aromatic carbocycles. The van der Waals surface area contributed by atoms with Crippen molar-refractivity contribution in [2.24, 2.45) is 0 Å². The van der Waals surface area contributed by atoms with E-state index in [1.54, 1.807) is 0 Å². The van der Waals surface area contributed by atoms with Gasteiger partial charge in [-0.1, -0.05) is 75.3 Å². The number of benzene rings is 1. The van der Waals surface area contributed by atoms with E-state index in [2.05, 4.69) is 0 Å². The Morgan fingerprint density at radius 3 is 1.93 bits per heavy atom. The van der Waals surface area contributed by atoms with Crippen LogP contribution < -0.4 is 0 Å². The van der Waals surface area contributed by atoms with Crippen molar-refractivity contribution >= 4 is 11.6 Å². The van der Waals surface area contributed by atoms with Gasteiger partial charge in [0, 0.05) is 23.3 Å². The zero-order valence-electron chi connectivity index (χ0n) is 16.5. The molecule has 0 amide bonds. The molecule has 1 aromatic rings. The topological polar surface area (TPSA) is 77.3 Å². The molecule has 0 radical (unpaired) electrons. The molecular formula is C22H33NO4. The molecule has 0 saturated heterocycles. The van der Waals surface area contributed by atoms with Gasteiger partial charge >= 0.3 is 0 Å². The molecule has 0 fully saturated rings. The van der Waals surface area contributed by atoms with E-state index in [0.29, 0.717) is 12.8 Å². The maximum atomic E-state index is 12.0. The molecule has 0 aliphatic rings. The molecule has 0 bridgehead atoms. The molecule has 5 nitrogen and oxygen atoms in total. The lowest BCUT2D eigenvalue weighted by molar-refractivity contribution is -0.522. The van der Waals surface area contributed by atoms with E-state index < -0.39 is 6.04 Å². The smallest absolute Gasteiger partial charge is 0.220 e. The lowest BCUT2D eigenvalue weighted by Crippen LogP contribution is -2.22.